The molecule has 0 spiro atoms. The summed E-state index contributed by atoms with van der Waals surface area (Å²) >= 11 is 0. The lowest BCUT2D eigenvalue weighted by Crippen LogP contribution is -2.28. The molecule has 0 aliphatic carbocycles. The SMILES string of the molecule is CC/C=C\C/C=C\C/C=C\C/C=C\C/C=C\CCCCCCCCCCCCCCCC(=O)OC(CO)COC(=O)CCC/C=C\C/C=C\C/C=C\C/C=C\C/C=C\CC. The number of unbranched alkanes of at least 4 members (excludes halogenated alkanes) is 14. The standard InChI is InChI=1S/C55H88O5/c1-3-5-7-9-11-13-15-17-19-21-22-23-24-25-26-27-28-29-30-31-32-34-36-38-40-42-44-46-48-50-55(58)60-53(51-56)52-59-54(57)49-47-45-43-41-39-37-35-33-20-18-16-14-12-10-8-6-4-2/h5-8,11-14,17-20,22-23,25-26,35,37,41,43,53,56H,3-4,9-10,15-16,21,24,27-34,36,38-40,42,44-52H2,1-2H3/b7-5-,8-6-,13-11-,14-12-,19-17-,20-18-,23-22-,26-25-,37-35-,43-41-. The van der Waals surface area contributed by atoms with Gasteiger partial charge in [0.2, 0.25) is 0 Å². The van der Waals surface area contributed by atoms with Crippen molar-refractivity contribution in [1.29, 1.82) is 0 Å². The molecule has 0 rings (SSSR count). The molecule has 0 aromatic heterocycles. The second-order valence-corrected chi connectivity index (χ2v) is 15.4. The van der Waals surface area contributed by atoms with Crippen LogP contribution in [0.2, 0.25) is 0 Å². The maximum absolute atomic E-state index is 12.3. The molecule has 0 heterocycles. The van der Waals surface area contributed by atoms with Gasteiger partial charge in [0.05, 0.1) is 6.61 Å². The van der Waals surface area contributed by atoms with E-state index >= 15 is 0 Å². The molecule has 0 bridgehead atoms. The molecule has 0 aromatic carbocycles. The van der Waals surface area contributed by atoms with Crippen molar-refractivity contribution in [3.63, 3.8) is 0 Å². The van der Waals surface area contributed by atoms with Gasteiger partial charge in [0.1, 0.15) is 6.61 Å². The molecule has 60 heavy (non-hydrogen) atoms. The minimum Gasteiger partial charge on any atom is -0.462 e. The lowest BCUT2D eigenvalue weighted by molar-refractivity contribution is -0.161. The molecular formula is C55H88O5. The second-order valence-electron chi connectivity index (χ2n) is 15.4. The van der Waals surface area contributed by atoms with Gasteiger partial charge in [-0.1, -0.05) is 206 Å². The van der Waals surface area contributed by atoms with E-state index < -0.39 is 6.10 Å². The number of carbonyl (C=O) groups excluding carboxylic acids is 2. The molecular weight excluding hydrogens is 741 g/mol. The van der Waals surface area contributed by atoms with Crippen molar-refractivity contribution in [3.05, 3.63) is 122 Å². The van der Waals surface area contributed by atoms with Gasteiger partial charge < -0.3 is 14.6 Å². The van der Waals surface area contributed by atoms with Crippen LogP contribution in [0.4, 0.5) is 0 Å². The third-order valence-electron chi connectivity index (χ3n) is 9.75. The Kier molecular flexibility index (Phi) is 46.6. The molecule has 0 fully saturated rings. The van der Waals surface area contributed by atoms with Crippen LogP contribution in [0.25, 0.3) is 0 Å². The summed E-state index contributed by atoms with van der Waals surface area (Å²) in [5.41, 5.74) is 0. The summed E-state index contributed by atoms with van der Waals surface area (Å²) in [7, 11) is 0. The molecule has 1 atom stereocenters. The topological polar surface area (TPSA) is 72.8 Å². The Morgan fingerprint density at radius 3 is 1.05 bits per heavy atom. The third-order valence-corrected chi connectivity index (χ3v) is 9.75. The minimum absolute atomic E-state index is 0.103. The highest BCUT2D eigenvalue weighted by molar-refractivity contribution is 5.70. The van der Waals surface area contributed by atoms with E-state index in [0.717, 1.165) is 89.9 Å². The zero-order chi connectivity index (χ0) is 43.5. The zero-order valence-electron chi connectivity index (χ0n) is 38.4. The fourth-order valence-corrected chi connectivity index (χ4v) is 6.20. The highest BCUT2D eigenvalue weighted by Crippen LogP contribution is 2.14. The smallest absolute Gasteiger partial charge is 0.306 e. The average molecular weight is 829 g/mol. The van der Waals surface area contributed by atoms with Crippen LogP contribution in [-0.4, -0.2) is 36.4 Å². The molecule has 1 unspecified atom stereocenters. The number of allylic oxidation sites excluding steroid dienone is 20. The molecule has 0 saturated carbocycles. The molecule has 0 amide bonds. The zero-order valence-corrected chi connectivity index (χ0v) is 38.4. The molecule has 1 N–H and O–H groups in total. The number of ether oxygens (including phenoxy) is 2. The Morgan fingerprint density at radius 2 is 0.683 bits per heavy atom. The first-order chi connectivity index (χ1) is 29.6. The number of rotatable bonds is 42. The van der Waals surface area contributed by atoms with E-state index in [1.54, 1.807) is 0 Å². The summed E-state index contributed by atoms with van der Waals surface area (Å²) < 4.78 is 10.6. The number of hydrogen-bond donors (Lipinski definition) is 1. The van der Waals surface area contributed by atoms with Gasteiger partial charge in [-0.3, -0.25) is 9.59 Å². The first kappa shape index (κ1) is 56.3. The number of carbonyl (C=O) groups is 2. The van der Waals surface area contributed by atoms with Crippen molar-refractivity contribution in [2.45, 2.75) is 200 Å². The highest BCUT2D eigenvalue weighted by Gasteiger charge is 2.16. The average Bonchev–Trinajstić information content (AvgIpc) is 3.25. The molecule has 0 aromatic rings. The van der Waals surface area contributed by atoms with Crippen molar-refractivity contribution in [1.82, 2.24) is 0 Å². The number of aliphatic hydroxyl groups excluding tert-OH is 1. The molecule has 0 saturated heterocycles. The van der Waals surface area contributed by atoms with E-state index in [9.17, 15) is 14.7 Å². The van der Waals surface area contributed by atoms with Gasteiger partial charge in [-0.05, 0) is 96.3 Å². The van der Waals surface area contributed by atoms with Gasteiger partial charge in [-0.25, -0.2) is 0 Å². The van der Waals surface area contributed by atoms with Gasteiger partial charge in [0.15, 0.2) is 6.10 Å². The Labute approximate surface area is 369 Å². The van der Waals surface area contributed by atoms with E-state index in [0.29, 0.717) is 19.3 Å². The summed E-state index contributed by atoms with van der Waals surface area (Å²) in [5, 5.41) is 9.60. The van der Waals surface area contributed by atoms with Gasteiger partial charge in [-0.15, -0.1) is 0 Å². The van der Waals surface area contributed by atoms with Crippen LogP contribution in [0.1, 0.15) is 194 Å². The van der Waals surface area contributed by atoms with Crippen molar-refractivity contribution in [3.8, 4) is 0 Å². The summed E-state index contributed by atoms with van der Waals surface area (Å²) in [4.78, 5) is 24.4. The van der Waals surface area contributed by atoms with Crippen LogP contribution in [0.3, 0.4) is 0 Å². The highest BCUT2D eigenvalue weighted by atomic mass is 16.6. The first-order valence-electron chi connectivity index (χ1n) is 24.1. The largest absolute Gasteiger partial charge is 0.462 e. The first-order valence-corrected chi connectivity index (χ1v) is 24.1. The molecule has 338 valence electrons. The summed E-state index contributed by atoms with van der Waals surface area (Å²) in [6.07, 6.45) is 72.9. The van der Waals surface area contributed by atoms with Crippen LogP contribution < -0.4 is 0 Å². The predicted octanol–water partition coefficient (Wildman–Crippen LogP) is 16.0. The lowest BCUT2D eigenvalue weighted by Gasteiger charge is -2.15. The minimum atomic E-state index is -0.804. The van der Waals surface area contributed by atoms with Crippen LogP contribution >= 0.6 is 0 Å². The maximum atomic E-state index is 12.3. The normalized spacial score (nSPS) is 13.3. The third kappa shape index (κ3) is 47.0. The molecule has 0 aliphatic heterocycles. The lowest BCUT2D eigenvalue weighted by atomic mass is 10.0. The summed E-state index contributed by atoms with van der Waals surface area (Å²) in [5.74, 6) is -0.668. The van der Waals surface area contributed by atoms with Crippen LogP contribution in [-0.2, 0) is 19.1 Å². The van der Waals surface area contributed by atoms with Crippen LogP contribution in [0.15, 0.2) is 122 Å². The Bertz CT molecular complexity index is 1260. The second kappa shape index (κ2) is 49.7. The van der Waals surface area contributed by atoms with Gasteiger partial charge in [0.25, 0.3) is 0 Å². The fraction of sp³-hybridized carbons (Fsp3) is 0.600. The number of hydrogen-bond acceptors (Lipinski definition) is 5. The van der Waals surface area contributed by atoms with Crippen molar-refractivity contribution in [2.75, 3.05) is 13.2 Å². The van der Waals surface area contributed by atoms with Gasteiger partial charge in [0, 0.05) is 12.8 Å². The van der Waals surface area contributed by atoms with E-state index in [1.165, 1.54) is 70.6 Å². The fourth-order valence-electron chi connectivity index (χ4n) is 6.20. The molecule has 5 nitrogen and oxygen atoms in total. The summed E-state index contributed by atoms with van der Waals surface area (Å²) in [6.45, 7) is 3.85. The van der Waals surface area contributed by atoms with Gasteiger partial charge >= 0.3 is 11.9 Å². The monoisotopic (exact) mass is 829 g/mol. The van der Waals surface area contributed by atoms with Crippen molar-refractivity contribution < 1.29 is 24.2 Å². The van der Waals surface area contributed by atoms with Crippen LogP contribution in [0, 0.1) is 0 Å². The molecule has 5 heteroatoms. The Hall–Kier alpha value is -3.70. The van der Waals surface area contributed by atoms with E-state index in [-0.39, 0.29) is 25.2 Å². The van der Waals surface area contributed by atoms with Crippen LogP contribution in [0.5, 0.6) is 0 Å². The Morgan fingerprint density at radius 1 is 0.383 bits per heavy atom. The van der Waals surface area contributed by atoms with E-state index in [4.69, 9.17) is 9.47 Å². The quantitative estimate of drug-likeness (QED) is 0.0377. The van der Waals surface area contributed by atoms with E-state index in [1.807, 2.05) is 0 Å². The molecule has 0 aliphatic rings. The maximum Gasteiger partial charge on any atom is 0.306 e. The number of esters is 2. The Balaban J connectivity index is 3.60. The van der Waals surface area contributed by atoms with Crippen molar-refractivity contribution in [2.24, 2.45) is 0 Å². The molecule has 0 radical (unpaired) electrons. The summed E-state index contributed by atoms with van der Waals surface area (Å²) in [6, 6.07) is 0. The predicted molar refractivity (Wildman–Crippen MR) is 260 cm³/mol. The van der Waals surface area contributed by atoms with Gasteiger partial charge in [-0.2, -0.15) is 0 Å². The number of aliphatic hydroxyl groups is 1. The van der Waals surface area contributed by atoms with E-state index in [2.05, 4.69) is 135 Å². The van der Waals surface area contributed by atoms with Crippen molar-refractivity contribution >= 4 is 11.9 Å².